The molecule has 1 heterocycles. The summed E-state index contributed by atoms with van der Waals surface area (Å²) in [7, 11) is 3.58. The summed E-state index contributed by atoms with van der Waals surface area (Å²) in [6.45, 7) is 3.04. The Balaban J connectivity index is 1.50. The Hall–Kier alpha value is -1.91. The van der Waals surface area contributed by atoms with Crippen LogP contribution in [0.3, 0.4) is 0 Å². The zero-order valence-electron chi connectivity index (χ0n) is 14.2. The normalized spacial score (nSPS) is 21.4. The van der Waals surface area contributed by atoms with Gasteiger partial charge in [0.2, 0.25) is 0 Å². The molecule has 0 spiro atoms. The summed E-state index contributed by atoms with van der Waals surface area (Å²) in [5, 5.41) is 6.99. The summed E-state index contributed by atoms with van der Waals surface area (Å²) in [6.07, 6.45) is 5.19. The van der Waals surface area contributed by atoms with E-state index in [2.05, 4.69) is 32.7 Å². The van der Waals surface area contributed by atoms with E-state index in [0.717, 1.165) is 43.7 Å². The van der Waals surface area contributed by atoms with Crippen LogP contribution in [-0.4, -0.2) is 45.8 Å². The fourth-order valence-electron chi connectivity index (χ4n) is 3.18. The number of hydrogen-bond acceptors (Lipinski definition) is 3. The van der Waals surface area contributed by atoms with Crippen molar-refractivity contribution in [1.29, 1.82) is 0 Å². The van der Waals surface area contributed by atoms with Crippen LogP contribution in [0.1, 0.15) is 25.7 Å². The van der Waals surface area contributed by atoms with Gasteiger partial charge in [-0.05, 0) is 30.9 Å². The first-order valence-electron chi connectivity index (χ1n) is 8.65. The van der Waals surface area contributed by atoms with Gasteiger partial charge in [-0.2, -0.15) is 0 Å². The van der Waals surface area contributed by atoms with E-state index >= 15 is 0 Å². The van der Waals surface area contributed by atoms with E-state index in [-0.39, 0.29) is 0 Å². The molecule has 1 aliphatic carbocycles. The standard InChI is InChI=1S/C18H28N4O/c1-19-18(20-11-9-14-7-8-14)21-15-10-12-22(13-15)16-5-3-4-6-17(16)23-2/h3-6,14-15H,7-13H2,1-2H3,(H2,19,20,21). The highest BCUT2D eigenvalue weighted by Gasteiger charge is 2.25. The number of ether oxygens (including phenoxy) is 1. The molecule has 1 atom stereocenters. The lowest BCUT2D eigenvalue weighted by molar-refractivity contribution is 0.415. The average Bonchev–Trinajstić information content (AvgIpc) is 3.30. The molecule has 1 unspecified atom stereocenters. The Morgan fingerprint density at radius 3 is 2.87 bits per heavy atom. The second-order valence-corrected chi connectivity index (χ2v) is 6.48. The molecule has 1 saturated heterocycles. The number of rotatable bonds is 6. The summed E-state index contributed by atoms with van der Waals surface area (Å²) in [6, 6.07) is 8.65. The fraction of sp³-hybridized carbons (Fsp3) is 0.611. The molecule has 0 radical (unpaired) electrons. The van der Waals surface area contributed by atoms with Crippen molar-refractivity contribution in [2.24, 2.45) is 10.9 Å². The molecule has 0 amide bonds. The molecule has 5 nitrogen and oxygen atoms in total. The van der Waals surface area contributed by atoms with Gasteiger partial charge in [0, 0.05) is 32.7 Å². The number of hydrogen-bond donors (Lipinski definition) is 2. The smallest absolute Gasteiger partial charge is 0.191 e. The number of benzene rings is 1. The second kappa shape index (κ2) is 7.57. The number of nitrogens with one attached hydrogen (secondary N) is 2. The van der Waals surface area contributed by atoms with Crippen LogP contribution in [0.4, 0.5) is 5.69 Å². The minimum absolute atomic E-state index is 0.423. The maximum Gasteiger partial charge on any atom is 0.191 e. The first-order chi connectivity index (χ1) is 11.3. The zero-order chi connectivity index (χ0) is 16.1. The van der Waals surface area contributed by atoms with Gasteiger partial charge in [0.15, 0.2) is 5.96 Å². The highest BCUT2D eigenvalue weighted by Crippen LogP contribution is 2.32. The third kappa shape index (κ3) is 4.30. The quantitative estimate of drug-likeness (QED) is 0.624. The summed E-state index contributed by atoms with van der Waals surface area (Å²) in [4.78, 5) is 6.73. The lowest BCUT2D eigenvalue weighted by atomic mass is 10.2. The van der Waals surface area contributed by atoms with Crippen LogP contribution >= 0.6 is 0 Å². The molecule has 23 heavy (non-hydrogen) atoms. The summed E-state index contributed by atoms with van der Waals surface area (Å²) in [5.41, 5.74) is 1.18. The zero-order valence-corrected chi connectivity index (χ0v) is 14.2. The van der Waals surface area contributed by atoms with Crippen LogP contribution in [0.5, 0.6) is 5.75 Å². The Labute approximate surface area is 139 Å². The fourth-order valence-corrected chi connectivity index (χ4v) is 3.18. The highest BCUT2D eigenvalue weighted by atomic mass is 16.5. The van der Waals surface area contributed by atoms with Crippen molar-refractivity contribution >= 4 is 11.6 Å². The van der Waals surface area contributed by atoms with Crippen molar-refractivity contribution in [3.8, 4) is 5.75 Å². The van der Waals surface area contributed by atoms with Crippen LogP contribution in [0.15, 0.2) is 29.3 Å². The summed E-state index contributed by atoms with van der Waals surface area (Å²) < 4.78 is 5.48. The maximum atomic E-state index is 5.48. The first-order valence-corrected chi connectivity index (χ1v) is 8.65. The molecule has 0 aromatic heterocycles. The lowest BCUT2D eigenvalue weighted by Gasteiger charge is -2.22. The first kappa shape index (κ1) is 16.0. The van der Waals surface area contributed by atoms with Crippen molar-refractivity contribution in [2.75, 3.05) is 38.7 Å². The van der Waals surface area contributed by atoms with Gasteiger partial charge in [0.05, 0.1) is 12.8 Å². The molecule has 3 rings (SSSR count). The molecule has 1 aromatic carbocycles. The third-order valence-corrected chi connectivity index (χ3v) is 4.72. The predicted octanol–water partition coefficient (Wildman–Crippen LogP) is 2.24. The molecule has 1 saturated carbocycles. The molecule has 2 fully saturated rings. The van der Waals surface area contributed by atoms with Crippen LogP contribution in [-0.2, 0) is 0 Å². The van der Waals surface area contributed by atoms with Gasteiger partial charge < -0.3 is 20.3 Å². The molecule has 2 aliphatic rings. The van der Waals surface area contributed by atoms with Crippen LogP contribution in [0.2, 0.25) is 0 Å². The van der Waals surface area contributed by atoms with Crippen molar-refractivity contribution < 1.29 is 4.74 Å². The van der Waals surface area contributed by atoms with Crippen LogP contribution in [0, 0.1) is 5.92 Å². The number of para-hydroxylation sites is 2. The van der Waals surface area contributed by atoms with Crippen molar-refractivity contribution in [3.05, 3.63) is 24.3 Å². The van der Waals surface area contributed by atoms with E-state index in [1.807, 2.05) is 19.2 Å². The van der Waals surface area contributed by atoms with Crippen molar-refractivity contribution in [3.63, 3.8) is 0 Å². The van der Waals surface area contributed by atoms with E-state index in [0.29, 0.717) is 6.04 Å². The molecule has 1 aromatic rings. The minimum Gasteiger partial charge on any atom is -0.495 e. The molecule has 0 bridgehead atoms. The molecule has 2 N–H and O–H groups in total. The number of methoxy groups -OCH3 is 1. The number of guanidine groups is 1. The summed E-state index contributed by atoms with van der Waals surface area (Å²) >= 11 is 0. The molecular formula is C18H28N4O. The van der Waals surface area contributed by atoms with Crippen molar-refractivity contribution in [2.45, 2.75) is 31.7 Å². The summed E-state index contributed by atoms with van der Waals surface area (Å²) in [5.74, 6) is 2.82. The Kier molecular flexibility index (Phi) is 5.26. The van der Waals surface area contributed by atoms with Gasteiger partial charge in [0.1, 0.15) is 5.75 Å². The van der Waals surface area contributed by atoms with Gasteiger partial charge in [-0.25, -0.2) is 0 Å². The van der Waals surface area contributed by atoms with Crippen LogP contribution < -0.4 is 20.3 Å². The molecular weight excluding hydrogens is 288 g/mol. The number of aliphatic imine (C=N–C) groups is 1. The van der Waals surface area contributed by atoms with E-state index in [9.17, 15) is 0 Å². The molecule has 1 aliphatic heterocycles. The van der Waals surface area contributed by atoms with Gasteiger partial charge in [-0.3, -0.25) is 4.99 Å². The Bertz CT molecular complexity index is 542. The largest absolute Gasteiger partial charge is 0.495 e. The lowest BCUT2D eigenvalue weighted by Crippen LogP contribution is -2.44. The Morgan fingerprint density at radius 2 is 2.13 bits per heavy atom. The maximum absolute atomic E-state index is 5.48. The SMILES string of the molecule is CN=C(NCCC1CC1)NC1CCN(c2ccccc2OC)C1. The third-order valence-electron chi connectivity index (χ3n) is 4.72. The predicted molar refractivity (Wildman–Crippen MR) is 95.5 cm³/mol. The highest BCUT2D eigenvalue weighted by molar-refractivity contribution is 5.80. The number of nitrogens with zero attached hydrogens (tertiary/aromatic N) is 2. The Morgan fingerprint density at radius 1 is 1.30 bits per heavy atom. The van der Waals surface area contributed by atoms with E-state index in [1.54, 1.807) is 7.11 Å². The van der Waals surface area contributed by atoms with Crippen LogP contribution in [0.25, 0.3) is 0 Å². The van der Waals surface area contributed by atoms with E-state index < -0.39 is 0 Å². The van der Waals surface area contributed by atoms with E-state index in [1.165, 1.54) is 24.9 Å². The van der Waals surface area contributed by atoms with Gasteiger partial charge in [-0.1, -0.05) is 25.0 Å². The second-order valence-electron chi connectivity index (χ2n) is 6.48. The van der Waals surface area contributed by atoms with Gasteiger partial charge in [-0.15, -0.1) is 0 Å². The monoisotopic (exact) mass is 316 g/mol. The average molecular weight is 316 g/mol. The number of anilines is 1. The minimum atomic E-state index is 0.423. The van der Waals surface area contributed by atoms with Gasteiger partial charge >= 0.3 is 0 Å². The topological polar surface area (TPSA) is 48.9 Å². The van der Waals surface area contributed by atoms with E-state index in [4.69, 9.17) is 4.74 Å². The van der Waals surface area contributed by atoms with Crippen molar-refractivity contribution in [1.82, 2.24) is 10.6 Å². The molecule has 126 valence electrons. The molecule has 5 heteroatoms. The van der Waals surface area contributed by atoms with Gasteiger partial charge in [0.25, 0.3) is 0 Å².